The van der Waals surface area contributed by atoms with Crippen molar-refractivity contribution in [2.75, 3.05) is 0 Å². The van der Waals surface area contributed by atoms with E-state index in [1.54, 1.807) is 24.3 Å². The molecule has 2 N–H and O–H groups in total. The Morgan fingerprint density at radius 3 is 1.67 bits per heavy atom. The van der Waals surface area contributed by atoms with Crippen LogP contribution in [0.1, 0.15) is 36.6 Å². The smallest absolute Gasteiger partial charge is 0.133 e. The Hall–Kier alpha value is -1.96. The van der Waals surface area contributed by atoms with E-state index in [1.807, 2.05) is 0 Å². The third-order valence-electron chi connectivity index (χ3n) is 2.46. The van der Waals surface area contributed by atoms with E-state index in [0.29, 0.717) is 11.5 Å². The van der Waals surface area contributed by atoms with E-state index in [2.05, 4.69) is 11.8 Å². The van der Waals surface area contributed by atoms with E-state index in [9.17, 15) is 10.2 Å². The minimum atomic E-state index is -0.728. The second-order valence-corrected chi connectivity index (χ2v) is 3.82. The van der Waals surface area contributed by atoms with Crippen LogP contribution in [0.25, 0.3) is 0 Å². The van der Waals surface area contributed by atoms with E-state index < -0.39 is 12.2 Å². The molecule has 2 atom stereocenters. The van der Waals surface area contributed by atoms with Crippen LogP contribution in [-0.2, 0) is 0 Å². The van der Waals surface area contributed by atoms with Gasteiger partial charge in [-0.05, 0) is 24.3 Å². The predicted octanol–water partition coefficient (Wildman–Crippen LogP) is 2.42. The molecule has 0 aliphatic carbocycles. The van der Waals surface area contributed by atoms with Gasteiger partial charge in [-0.15, -0.1) is 11.8 Å². The summed E-state index contributed by atoms with van der Waals surface area (Å²) < 4.78 is 10.1. The largest absolute Gasteiger partial charge is 0.467 e. The Labute approximate surface area is 105 Å². The number of aliphatic hydroxyl groups is 2. The first-order valence-corrected chi connectivity index (χ1v) is 5.66. The van der Waals surface area contributed by atoms with Crippen LogP contribution >= 0.6 is 0 Å². The van der Waals surface area contributed by atoms with Gasteiger partial charge in [-0.1, -0.05) is 0 Å². The molecule has 2 aromatic heterocycles. The highest BCUT2D eigenvalue weighted by molar-refractivity contribution is 5.10. The molecule has 0 bridgehead atoms. The average Bonchev–Trinajstić information content (AvgIpc) is 3.05. The maximum absolute atomic E-state index is 9.68. The van der Waals surface area contributed by atoms with Crippen LogP contribution in [0.2, 0.25) is 0 Å². The van der Waals surface area contributed by atoms with E-state index in [-0.39, 0.29) is 12.8 Å². The second kappa shape index (κ2) is 6.10. The van der Waals surface area contributed by atoms with Gasteiger partial charge in [0.05, 0.1) is 12.5 Å². The highest BCUT2D eigenvalue weighted by Gasteiger charge is 2.09. The molecule has 0 saturated heterocycles. The summed E-state index contributed by atoms with van der Waals surface area (Å²) in [5.41, 5.74) is 0. The topological polar surface area (TPSA) is 66.7 Å². The maximum Gasteiger partial charge on any atom is 0.133 e. The summed E-state index contributed by atoms with van der Waals surface area (Å²) in [7, 11) is 0. The van der Waals surface area contributed by atoms with Gasteiger partial charge in [0, 0.05) is 12.8 Å². The van der Waals surface area contributed by atoms with Crippen LogP contribution in [0.4, 0.5) is 0 Å². The summed E-state index contributed by atoms with van der Waals surface area (Å²) in [5, 5.41) is 19.4. The SMILES string of the molecule is O[C@H](CC#CC[C@H](O)c1ccco1)c1ccco1. The van der Waals surface area contributed by atoms with Crippen molar-refractivity contribution in [2.24, 2.45) is 0 Å². The van der Waals surface area contributed by atoms with Crippen molar-refractivity contribution in [1.82, 2.24) is 0 Å². The van der Waals surface area contributed by atoms with Crippen molar-refractivity contribution in [3.63, 3.8) is 0 Å². The molecule has 4 nitrogen and oxygen atoms in total. The molecular weight excluding hydrogens is 232 g/mol. The van der Waals surface area contributed by atoms with Crippen molar-refractivity contribution in [3.05, 3.63) is 48.3 Å². The summed E-state index contributed by atoms with van der Waals surface area (Å²) in [6, 6.07) is 6.83. The third-order valence-corrected chi connectivity index (χ3v) is 2.46. The molecule has 0 amide bonds. The third kappa shape index (κ3) is 3.27. The van der Waals surface area contributed by atoms with E-state index in [0.717, 1.165) is 0 Å². The van der Waals surface area contributed by atoms with Crippen molar-refractivity contribution in [3.8, 4) is 11.8 Å². The van der Waals surface area contributed by atoms with Crippen molar-refractivity contribution >= 4 is 0 Å². The molecule has 4 heteroatoms. The highest BCUT2D eigenvalue weighted by atomic mass is 16.4. The number of hydrogen-bond acceptors (Lipinski definition) is 4. The molecule has 0 unspecified atom stereocenters. The van der Waals surface area contributed by atoms with Crippen molar-refractivity contribution in [2.45, 2.75) is 25.0 Å². The number of aliphatic hydroxyl groups excluding tert-OH is 2. The monoisotopic (exact) mass is 246 g/mol. The van der Waals surface area contributed by atoms with E-state index in [1.165, 1.54) is 12.5 Å². The molecule has 0 radical (unpaired) electrons. The standard InChI is InChI=1S/C14H14O4/c15-11(13-7-3-9-17-13)5-1-2-6-12(16)14-8-4-10-18-14/h3-4,7-12,15-16H,5-6H2/t11-,12+. The summed E-state index contributed by atoms with van der Waals surface area (Å²) in [4.78, 5) is 0. The first-order chi connectivity index (χ1) is 8.77. The molecule has 2 rings (SSSR count). The van der Waals surface area contributed by atoms with Gasteiger partial charge < -0.3 is 19.0 Å². The second-order valence-electron chi connectivity index (χ2n) is 3.82. The highest BCUT2D eigenvalue weighted by Crippen LogP contribution is 2.17. The molecule has 0 fully saturated rings. The molecule has 0 spiro atoms. The Kier molecular flexibility index (Phi) is 4.24. The molecule has 18 heavy (non-hydrogen) atoms. The lowest BCUT2D eigenvalue weighted by Gasteiger charge is -2.02. The molecule has 0 aromatic carbocycles. The quantitative estimate of drug-likeness (QED) is 0.813. The number of furan rings is 2. The average molecular weight is 246 g/mol. The molecular formula is C14H14O4. The molecule has 94 valence electrons. The first kappa shape index (κ1) is 12.5. The normalized spacial score (nSPS) is 13.7. The summed E-state index contributed by atoms with van der Waals surface area (Å²) in [6.07, 6.45) is 2.11. The lowest BCUT2D eigenvalue weighted by atomic mass is 10.1. The number of rotatable bonds is 4. The summed E-state index contributed by atoms with van der Waals surface area (Å²) >= 11 is 0. The fourth-order valence-electron chi connectivity index (χ4n) is 1.50. The predicted molar refractivity (Wildman–Crippen MR) is 64.3 cm³/mol. The number of hydrogen-bond donors (Lipinski definition) is 2. The lowest BCUT2D eigenvalue weighted by molar-refractivity contribution is 0.152. The van der Waals surface area contributed by atoms with E-state index >= 15 is 0 Å². The van der Waals surface area contributed by atoms with E-state index in [4.69, 9.17) is 8.83 Å². The van der Waals surface area contributed by atoms with Crippen LogP contribution in [0.3, 0.4) is 0 Å². The van der Waals surface area contributed by atoms with Crippen LogP contribution in [-0.4, -0.2) is 10.2 Å². The van der Waals surface area contributed by atoms with Crippen molar-refractivity contribution < 1.29 is 19.0 Å². The van der Waals surface area contributed by atoms with Crippen LogP contribution in [0, 0.1) is 11.8 Å². The first-order valence-electron chi connectivity index (χ1n) is 5.66. The fourth-order valence-corrected chi connectivity index (χ4v) is 1.50. The fraction of sp³-hybridized carbons (Fsp3) is 0.286. The van der Waals surface area contributed by atoms with Gasteiger partial charge >= 0.3 is 0 Å². The van der Waals surface area contributed by atoms with Crippen LogP contribution in [0.5, 0.6) is 0 Å². The maximum atomic E-state index is 9.68. The van der Waals surface area contributed by atoms with Gasteiger partial charge in [0.15, 0.2) is 0 Å². The molecule has 0 aliphatic heterocycles. The molecule has 0 saturated carbocycles. The summed E-state index contributed by atoms with van der Waals surface area (Å²) in [5.74, 6) is 6.60. The van der Waals surface area contributed by atoms with Gasteiger partial charge in [0.25, 0.3) is 0 Å². The summed E-state index contributed by atoms with van der Waals surface area (Å²) in [6.45, 7) is 0. The van der Waals surface area contributed by atoms with Crippen molar-refractivity contribution in [1.29, 1.82) is 0 Å². The molecule has 2 heterocycles. The Balaban J connectivity index is 1.79. The van der Waals surface area contributed by atoms with Gasteiger partial charge in [-0.2, -0.15) is 0 Å². The van der Waals surface area contributed by atoms with Gasteiger partial charge in [-0.25, -0.2) is 0 Å². The van der Waals surface area contributed by atoms with Gasteiger partial charge in [-0.3, -0.25) is 0 Å². The Morgan fingerprint density at radius 2 is 1.33 bits per heavy atom. The minimum absolute atomic E-state index is 0.276. The minimum Gasteiger partial charge on any atom is -0.467 e. The van der Waals surface area contributed by atoms with Crippen LogP contribution in [0.15, 0.2) is 45.6 Å². The van der Waals surface area contributed by atoms with Crippen LogP contribution < -0.4 is 0 Å². The zero-order chi connectivity index (χ0) is 12.8. The molecule has 0 aliphatic rings. The van der Waals surface area contributed by atoms with Gasteiger partial charge in [0.1, 0.15) is 23.7 Å². The molecule has 2 aromatic rings. The zero-order valence-corrected chi connectivity index (χ0v) is 9.74. The lowest BCUT2D eigenvalue weighted by Crippen LogP contribution is -1.95. The zero-order valence-electron chi connectivity index (χ0n) is 9.74. The Morgan fingerprint density at radius 1 is 0.889 bits per heavy atom. The Bertz CT molecular complexity index is 455. The van der Waals surface area contributed by atoms with Gasteiger partial charge in [0.2, 0.25) is 0 Å².